The zero-order chi connectivity index (χ0) is 23.2. The molecule has 0 aromatic heterocycles. The number of hydrogen-bond acceptors (Lipinski definition) is 4. The number of rotatable bonds is 10. The summed E-state index contributed by atoms with van der Waals surface area (Å²) < 4.78 is 0. The summed E-state index contributed by atoms with van der Waals surface area (Å²) in [6.45, 7) is 9.59. The van der Waals surface area contributed by atoms with Gasteiger partial charge in [-0.3, -0.25) is 9.80 Å². The number of phenolic OH excluding ortho intramolecular Hbond substituents is 2. The van der Waals surface area contributed by atoms with E-state index in [1.165, 1.54) is 0 Å². The zero-order valence-corrected chi connectivity index (χ0v) is 19.7. The van der Waals surface area contributed by atoms with Crippen LogP contribution in [0.25, 0.3) is 21.5 Å². The quantitative estimate of drug-likeness (QED) is 0.310. The van der Waals surface area contributed by atoms with E-state index in [0.29, 0.717) is 11.5 Å². The fourth-order valence-corrected chi connectivity index (χ4v) is 4.64. The van der Waals surface area contributed by atoms with Gasteiger partial charge in [-0.1, -0.05) is 74.5 Å². The van der Waals surface area contributed by atoms with E-state index < -0.39 is 0 Å². The first-order chi connectivity index (χ1) is 16.1. The van der Waals surface area contributed by atoms with Crippen molar-refractivity contribution in [3.63, 3.8) is 0 Å². The molecule has 0 bridgehead atoms. The average molecular weight is 443 g/mol. The highest BCUT2D eigenvalue weighted by atomic mass is 16.3. The lowest BCUT2D eigenvalue weighted by atomic mass is 10.0. The van der Waals surface area contributed by atoms with Crippen LogP contribution in [-0.4, -0.2) is 46.2 Å². The summed E-state index contributed by atoms with van der Waals surface area (Å²) in [5, 5.41) is 25.6. The van der Waals surface area contributed by atoms with Gasteiger partial charge in [-0.15, -0.1) is 0 Å². The Bertz CT molecular complexity index is 1130. The molecule has 0 aliphatic rings. The highest BCUT2D eigenvalue weighted by Crippen LogP contribution is 2.29. The molecule has 0 fully saturated rings. The predicted octanol–water partition coefficient (Wildman–Crippen LogP) is 6.14. The molecule has 0 amide bonds. The summed E-state index contributed by atoms with van der Waals surface area (Å²) in [4.78, 5) is 4.79. The van der Waals surface area contributed by atoms with Crippen molar-refractivity contribution in [2.24, 2.45) is 0 Å². The van der Waals surface area contributed by atoms with E-state index in [1.807, 2.05) is 36.4 Å². The summed E-state index contributed by atoms with van der Waals surface area (Å²) in [5.41, 5.74) is 2.01. The topological polar surface area (TPSA) is 46.9 Å². The summed E-state index contributed by atoms with van der Waals surface area (Å²) in [7, 11) is 0. The largest absolute Gasteiger partial charge is 0.508 e. The Morgan fingerprint density at radius 1 is 0.576 bits per heavy atom. The highest BCUT2D eigenvalue weighted by Gasteiger charge is 2.14. The first kappa shape index (κ1) is 23.1. The summed E-state index contributed by atoms with van der Waals surface area (Å²) in [6.07, 6.45) is 1.03. The van der Waals surface area contributed by atoms with Crippen molar-refractivity contribution >= 4 is 21.5 Å². The van der Waals surface area contributed by atoms with Gasteiger partial charge in [0, 0.05) is 24.2 Å². The molecule has 0 saturated carbocycles. The van der Waals surface area contributed by atoms with Crippen molar-refractivity contribution in [3.8, 4) is 11.5 Å². The molecule has 4 nitrogen and oxygen atoms in total. The van der Waals surface area contributed by atoms with Crippen LogP contribution in [0.2, 0.25) is 0 Å². The Kier molecular flexibility index (Phi) is 7.48. The maximum absolute atomic E-state index is 10.5. The molecule has 4 heteroatoms. The van der Waals surface area contributed by atoms with E-state index in [4.69, 9.17) is 0 Å². The summed E-state index contributed by atoms with van der Waals surface area (Å²) in [6, 6.07) is 24.1. The van der Waals surface area contributed by atoms with E-state index >= 15 is 0 Å². The Balaban J connectivity index is 1.41. The summed E-state index contributed by atoms with van der Waals surface area (Å²) >= 11 is 0. The van der Waals surface area contributed by atoms with Crippen molar-refractivity contribution in [1.82, 2.24) is 9.80 Å². The summed E-state index contributed by atoms with van der Waals surface area (Å²) in [5.74, 6) is 0.738. The van der Waals surface area contributed by atoms with Crippen LogP contribution in [-0.2, 0) is 13.1 Å². The molecular weight excluding hydrogens is 408 g/mol. The van der Waals surface area contributed by atoms with Crippen LogP contribution in [0, 0.1) is 0 Å². The second kappa shape index (κ2) is 10.7. The SMILES string of the molecule is CCN(CCCN(CC)Cc1c(O)ccc2ccccc12)Cc1c(O)ccc2ccccc12. The van der Waals surface area contributed by atoms with Crippen LogP contribution < -0.4 is 0 Å². The Labute approximate surface area is 196 Å². The van der Waals surface area contributed by atoms with Crippen LogP contribution in [0.5, 0.6) is 11.5 Å². The van der Waals surface area contributed by atoms with E-state index in [9.17, 15) is 10.2 Å². The fourth-order valence-electron chi connectivity index (χ4n) is 4.64. The van der Waals surface area contributed by atoms with Crippen LogP contribution in [0.1, 0.15) is 31.4 Å². The second-order valence-electron chi connectivity index (χ2n) is 8.66. The molecular formula is C29H34N2O2. The number of phenols is 2. The van der Waals surface area contributed by atoms with E-state index in [1.54, 1.807) is 12.1 Å². The van der Waals surface area contributed by atoms with Gasteiger partial charge < -0.3 is 10.2 Å². The van der Waals surface area contributed by atoms with Crippen LogP contribution >= 0.6 is 0 Å². The van der Waals surface area contributed by atoms with Gasteiger partial charge in [-0.25, -0.2) is 0 Å². The standard InChI is InChI=1S/C29H34N2O2/c1-3-30(20-26-24-12-7-5-10-22(24)14-16-28(26)32)18-9-19-31(4-2)21-27-25-13-8-6-11-23(25)15-17-29(27)33/h5-8,10-17,32-33H,3-4,9,18-21H2,1-2H3. The molecule has 172 valence electrons. The van der Waals surface area contributed by atoms with Crippen molar-refractivity contribution in [3.05, 3.63) is 83.9 Å². The third-order valence-electron chi connectivity index (χ3n) is 6.64. The van der Waals surface area contributed by atoms with Gasteiger partial charge in [0.05, 0.1) is 0 Å². The van der Waals surface area contributed by atoms with Gasteiger partial charge >= 0.3 is 0 Å². The van der Waals surface area contributed by atoms with Crippen LogP contribution in [0.3, 0.4) is 0 Å². The zero-order valence-electron chi connectivity index (χ0n) is 19.7. The number of aromatic hydroxyl groups is 2. The lowest BCUT2D eigenvalue weighted by Crippen LogP contribution is -2.30. The van der Waals surface area contributed by atoms with E-state index in [0.717, 1.165) is 78.4 Å². The lowest BCUT2D eigenvalue weighted by molar-refractivity contribution is 0.227. The molecule has 4 aromatic rings. The molecule has 0 aliphatic heterocycles. The number of nitrogens with zero attached hydrogens (tertiary/aromatic N) is 2. The van der Waals surface area contributed by atoms with Gasteiger partial charge in [-0.2, -0.15) is 0 Å². The Morgan fingerprint density at radius 2 is 1.00 bits per heavy atom. The average Bonchev–Trinajstić information content (AvgIpc) is 2.85. The predicted molar refractivity (Wildman–Crippen MR) is 138 cm³/mol. The highest BCUT2D eigenvalue weighted by molar-refractivity contribution is 5.88. The normalized spacial score (nSPS) is 11.8. The second-order valence-corrected chi connectivity index (χ2v) is 8.66. The van der Waals surface area contributed by atoms with Gasteiger partial charge in [0.25, 0.3) is 0 Å². The Morgan fingerprint density at radius 3 is 1.42 bits per heavy atom. The maximum atomic E-state index is 10.5. The number of benzene rings is 4. The minimum atomic E-state index is 0.369. The molecule has 4 rings (SSSR count). The number of fused-ring (bicyclic) bond motifs is 2. The minimum Gasteiger partial charge on any atom is -0.508 e. The van der Waals surface area contributed by atoms with Crippen LogP contribution in [0.4, 0.5) is 0 Å². The molecule has 0 heterocycles. The molecule has 0 unspecified atom stereocenters. The molecule has 0 aliphatic carbocycles. The van der Waals surface area contributed by atoms with Gasteiger partial charge in [-0.05, 0) is 66.3 Å². The van der Waals surface area contributed by atoms with Crippen molar-refractivity contribution in [2.45, 2.75) is 33.4 Å². The molecule has 2 N–H and O–H groups in total. The van der Waals surface area contributed by atoms with E-state index in [2.05, 4.69) is 47.9 Å². The lowest BCUT2D eigenvalue weighted by Gasteiger charge is -2.25. The van der Waals surface area contributed by atoms with Crippen molar-refractivity contribution in [2.75, 3.05) is 26.2 Å². The smallest absolute Gasteiger partial charge is 0.120 e. The molecule has 0 radical (unpaired) electrons. The molecule has 0 saturated heterocycles. The van der Waals surface area contributed by atoms with Crippen molar-refractivity contribution in [1.29, 1.82) is 0 Å². The first-order valence-electron chi connectivity index (χ1n) is 11.9. The van der Waals surface area contributed by atoms with Gasteiger partial charge in [0.1, 0.15) is 11.5 Å². The number of hydrogen-bond donors (Lipinski definition) is 2. The van der Waals surface area contributed by atoms with E-state index in [-0.39, 0.29) is 0 Å². The van der Waals surface area contributed by atoms with Gasteiger partial charge in [0.15, 0.2) is 0 Å². The Hall–Kier alpha value is -3.08. The van der Waals surface area contributed by atoms with Crippen molar-refractivity contribution < 1.29 is 10.2 Å². The maximum Gasteiger partial charge on any atom is 0.120 e. The van der Waals surface area contributed by atoms with Gasteiger partial charge in [0.2, 0.25) is 0 Å². The fraction of sp³-hybridized carbons (Fsp3) is 0.310. The molecule has 33 heavy (non-hydrogen) atoms. The third kappa shape index (κ3) is 5.29. The first-order valence-corrected chi connectivity index (χ1v) is 11.9. The third-order valence-corrected chi connectivity index (χ3v) is 6.64. The minimum absolute atomic E-state index is 0.369. The molecule has 0 atom stereocenters. The molecule has 4 aromatic carbocycles. The van der Waals surface area contributed by atoms with Crippen LogP contribution in [0.15, 0.2) is 72.8 Å². The molecule has 0 spiro atoms. The monoisotopic (exact) mass is 442 g/mol.